The highest BCUT2D eigenvalue weighted by atomic mass is 16.5. The Morgan fingerprint density at radius 1 is 1.73 bits per heavy atom. The average Bonchev–Trinajstić information content (AvgIpc) is 2.04. The molecule has 0 saturated carbocycles. The van der Waals surface area contributed by atoms with Crippen LogP contribution in [0.15, 0.2) is 0 Å². The van der Waals surface area contributed by atoms with Gasteiger partial charge in [0.05, 0.1) is 7.11 Å². The normalized spacial score (nSPS) is 24.9. The number of hydrogen-bond donors (Lipinski definition) is 1. The number of rotatable bonds is 0. The number of nitrogens with zero attached hydrogens (tertiary/aromatic N) is 1. The third-order valence-electron chi connectivity index (χ3n) is 1.91. The van der Waals surface area contributed by atoms with Crippen molar-refractivity contribution in [1.82, 2.24) is 10.2 Å². The van der Waals surface area contributed by atoms with Crippen LogP contribution in [-0.2, 0) is 4.74 Å². The van der Waals surface area contributed by atoms with Crippen LogP contribution in [0.2, 0.25) is 0 Å². The number of piperazine rings is 1. The Bertz CT molecular complexity index is 149. The highest BCUT2D eigenvalue weighted by Gasteiger charge is 2.22. The van der Waals surface area contributed by atoms with Crippen molar-refractivity contribution in [3.8, 4) is 0 Å². The number of carbonyl (C=O) groups excluding carboxylic acids is 1. The van der Waals surface area contributed by atoms with Crippen LogP contribution >= 0.6 is 0 Å². The second-order valence-electron chi connectivity index (χ2n) is 2.72. The quantitative estimate of drug-likeness (QED) is 0.541. The standard InChI is InChI=1S/C7H14N2O2/c1-6-5-8-3-4-9(6)7(10)11-2/h6,8H,3-5H2,1-2H3/t6-/m0/s1. The molecule has 1 aliphatic heterocycles. The lowest BCUT2D eigenvalue weighted by Gasteiger charge is -2.32. The Hall–Kier alpha value is -0.770. The molecule has 0 aromatic heterocycles. The van der Waals surface area contributed by atoms with Crippen LogP contribution in [0.1, 0.15) is 6.92 Å². The molecule has 4 nitrogen and oxygen atoms in total. The average molecular weight is 158 g/mol. The predicted octanol–water partition coefficient (Wildman–Crippen LogP) is 0.0465. The fourth-order valence-corrected chi connectivity index (χ4v) is 1.23. The second-order valence-corrected chi connectivity index (χ2v) is 2.72. The predicted molar refractivity (Wildman–Crippen MR) is 41.4 cm³/mol. The molecule has 11 heavy (non-hydrogen) atoms. The first kappa shape index (κ1) is 8.33. The van der Waals surface area contributed by atoms with Gasteiger partial charge in [-0.25, -0.2) is 4.79 Å². The maximum atomic E-state index is 11.1. The molecule has 1 N–H and O–H groups in total. The summed E-state index contributed by atoms with van der Waals surface area (Å²) < 4.78 is 4.62. The zero-order valence-corrected chi connectivity index (χ0v) is 6.96. The SMILES string of the molecule is COC(=O)N1CCNC[C@@H]1C. The van der Waals surface area contributed by atoms with E-state index in [1.54, 1.807) is 4.90 Å². The third kappa shape index (κ3) is 1.83. The number of hydrogen-bond acceptors (Lipinski definition) is 3. The molecule has 1 amide bonds. The molecule has 0 aliphatic carbocycles. The topological polar surface area (TPSA) is 41.6 Å². The van der Waals surface area contributed by atoms with Crippen molar-refractivity contribution >= 4 is 6.09 Å². The first-order chi connectivity index (χ1) is 5.25. The molecule has 0 aromatic carbocycles. The molecule has 4 heteroatoms. The Labute approximate surface area is 66.5 Å². The third-order valence-corrected chi connectivity index (χ3v) is 1.91. The smallest absolute Gasteiger partial charge is 0.409 e. The van der Waals surface area contributed by atoms with E-state index in [0.717, 1.165) is 19.6 Å². The lowest BCUT2D eigenvalue weighted by molar-refractivity contribution is 0.0990. The van der Waals surface area contributed by atoms with Crippen LogP contribution in [0.25, 0.3) is 0 Å². The van der Waals surface area contributed by atoms with E-state index in [9.17, 15) is 4.79 Å². The molecular weight excluding hydrogens is 144 g/mol. The van der Waals surface area contributed by atoms with Crippen molar-refractivity contribution in [3.63, 3.8) is 0 Å². The number of nitrogens with one attached hydrogen (secondary N) is 1. The molecule has 64 valence electrons. The summed E-state index contributed by atoms with van der Waals surface area (Å²) in [5, 5.41) is 3.19. The molecular formula is C7H14N2O2. The summed E-state index contributed by atoms with van der Waals surface area (Å²) in [6, 6.07) is 0.246. The Morgan fingerprint density at radius 3 is 3.00 bits per heavy atom. The monoisotopic (exact) mass is 158 g/mol. The van der Waals surface area contributed by atoms with Gasteiger partial charge in [-0.3, -0.25) is 0 Å². The molecule has 0 spiro atoms. The van der Waals surface area contributed by atoms with Crippen molar-refractivity contribution in [2.75, 3.05) is 26.7 Å². The van der Waals surface area contributed by atoms with Gasteiger partial charge in [0.25, 0.3) is 0 Å². The van der Waals surface area contributed by atoms with Crippen molar-refractivity contribution < 1.29 is 9.53 Å². The summed E-state index contributed by atoms with van der Waals surface area (Å²) in [5.41, 5.74) is 0. The summed E-state index contributed by atoms with van der Waals surface area (Å²) in [4.78, 5) is 12.8. The molecule has 1 rings (SSSR count). The van der Waals surface area contributed by atoms with Crippen molar-refractivity contribution in [2.45, 2.75) is 13.0 Å². The zero-order chi connectivity index (χ0) is 8.27. The lowest BCUT2D eigenvalue weighted by atomic mass is 10.2. The molecule has 0 aromatic rings. The van der Waals surface area contributed by atoms with Crippen LogP contribution in [0.3, 0.4) is 0 Å². The van der Waals surface area contributed by atoms with Crippen molar-refractivity contribution in [1.29, 1.82) is 0 Å². The van der Waals surface area contributed by atoms with Crippen LogP contribution < -0.4 is 5.32 Å². The summed E-state index contributed by atoms with van der Waals surface area (Å²) in [7, 11) is 1.41. The maximum Gasteiger partial charge on any atom is 0.409 e. The van der Waals surface area contributed by atoms with Gasteiger partial charge >= 0.3 is 6.09 Å². The summed E-state index contributed by atoms with van der Waals surface area (Å²) in [6.45, 7) is 4.46. The Kier molecular flexibility index (Phi) is 2.70. The highest BCUT2D eigenvalue weighted by molar-refractivity contribution is 5.67. The molecule has 0 bridgehead atoms. The van der Waals surface area contributed by atoms with E-state index in [1.807, 2.05) is 6.92 Å². The number of amides is 1. The number of ether oxygens (including phenoxy) is 1. The maximum absolute atomic E-state index is 11.1. The van der Waals surface area contributed by atoms with E-state index in [4.69, 9.17) is 0 Å². The summed E-state index contributed by atoms with van der Waals surface area (Å²) in [6.07, 6.45) is -0.223. The van der Waals surface area contributed by atoms with E-state index in [0.29, 0.717) is 0 Å². The Morgan fingerprint density at radius 2 is 2.45 bits per heavy atom. The van der Waals surface area contributed by atoms with E-state index >= 15 is 0 Å². The number of methoxy groups -OCH3 is 1. The molecule has 1 aliphatic rings. The van der Waals surface area contributed by atoms with Gasteiger partial charge in [0.15, 0.2) is 0 Å². The van der Waals surface area contributed by atoms with Gasteiger partial charge < -0.3 is 15.0 Å². The van der Waals surface area contributed by atoms with Gasteiger partial charge in [0.1, 0.15) is 0 Å². The second kappa shape index (κ2) is 3.57. The van der Waals surface area contributed by atoms with Crippen LogP contribution in [0, 0.1) is 0 Å². The lowest BCUT2D eigenvalue weighted by Crippen LogP contribution is -2.52. The van der Waals surface area contributed by atoms with Gasteiger partial charge in [-0.2, -0.15) is 0 Å². The van der Waals surface area contributed by atoms with Gasteiger partial charge in [-0.05, 0) is 6.92 Å². The van der Waals surface area contributed by atoms with Gasteiger partial charge in [0.2, 0.25) is 0 Å². The van der Waals surface area contributed by atoms with Gasteiger partial charge in [-0.15, -0.1) is 0 Å². The van der Waals surface area contributed by atoms with Crippen LogP contribution in [-0.4, -0.2) is 43.8 Å². The molecule has 1 fully saturated rings. The fourth-order valence-electron chi connectivity index (χ4n) is 1.23. The summed E-state index contributed by atoms with van der Waals surface area (Å²) >= 11 is 0. The highest BCUT2D eigenvalue weighted by Crippen LogP contribution is 2.03. The van der Waals surface area contributed by atoms with Crippen molar-refractivity contribution in [2.24, 2.45) is 0 Å². The fraction of sp³-hybridized carbons (Fsp3) is 0.857. The molecule has 1 saturated heterocycles. The van der Waals surface area contributed by atoms with Crippen LogP contribution in [0.5, 0.6) is 0 Å². The van der Waals surface area contributed by atoms with E-state index in [2.05, 4.69) is 10.1 Å². The minimum Gasteiger partial charge on any atom is -0.453 e. The molecule has 0 unspecified atom stereocenters. The van der Waals surface area contributed by atoms with Gasteiger partial charge in [-0.1, -0.05) is 0 Å². The summed E-state index contributed by atoms with van der Waals surface area (Å²) in [5.74, 6) is 0. The minimum atomic E-state index is -0.223. The molecule has 1 heterocycles. The van der Waals surface area contributed by atoms with Crippen LogP contribution in [0.4, 0.5) is 4.79 Å². The minimum absolute atomic E-state index is 0.223. The largest absolute Gasteiger partial charge is 0.453 e. The molecule has 0 radical (unpaired) electrons. The van der Waals surface area contributed by atoms with Gasteiger partial charge in [0, 0.05) is 25.7 Å². The van der Waals surface area contributed by atoms with E-state index in [1.165, 1.54) is 7.11 Å². The van der Waals surface area contributed by atoms with E-state index in [-0.39, 0.29) is 12.1 Å². The molecule has 1 atom stereocenters. The van der Waals surface area contributed by atoms with Crippen molar-refractivity contribution in [3.05, 3.63) is 0 Å². The zero-order valence-electron chi connectivity index (χ0n) is 6.96. The first-order valence-corrected chi connectivity index (χ1v) is 3.81. The first-order valence-electron chi connectivity index (χ1n) is 3.81. The Balaban J connectivity index is 2.47. The van der Waals surface area contributed by atoms with E-state index < -0.39 is 0 Å². The number of carbonyl (C=O) groups is 1.